The highest BCUT2D eigenvalue weighted by Gasteiger charge is 2.06. The van der Waals surface area contributed by atoms with Gasteiger partial charge in [-0.3, -0.25) is 0 Å². The second kappa shape index (κ2) is 2.67. The van der Waals surface area contributed by atoms with Gasteiger partial charge in [-0.1, -0.05) is 0 Å². The number of fused-ring (bicyclic) bond motifs is 1. The van der Waals surface area contributed by atoms with Gasteiger partial charge in [0.2, 0.25) is 0 Å². The molecule has 1 heterocycles. The lowest BCUT2D eigenvalue weighted by Crippen LogP contribution is -1.74. The molecule has 12 heavy (non-hydrogen) atoms. The number of hydrogen-bond acceptors (Lipinski definition) is 3. The Bertz CT molecular complexity index is 446. The van der Waals surface area contributed by atoms with Crippen molar-refractivity contribution >= 4 is 39.3 Å². The molecule has 5 heteroatoms. The van der Waals surface area contributed by atoms with Gasteiger partial charge in [0.1, 0.15) is 5.82 Å². The van der Waals surface area contributed by atoms with Gasteiger partial charge in [-0.05, 0) is 15.9 Å². The molecule has 2 nitrogen and oxygen atoms in total. The third kappa shape index (κ3) is 1.19. The van der Waals surface area contributed by atoms with Crippen LogP contribution in [0.5, 0.6) is 0 Å². The molecule has 0 aliphatic heterocycles. The van der Waals surface area contributed by atoms with Crippen molar-refractivity contribution in [1.29, 1.82) is 0 Å². The van der Waals surface area contributed by atoms with E-state index in [1.54, 1.807) is 0 Å². The normalized spacial score (nSPS) is 10.8. The number of benzene rings is 1. The topological polar surface area (TPSA) is 26.3 Å². The van der Waals surface area contributed by atoms with Gasteiger partial charge in [0.05, 0.1) is 4.47 Å². The van der Waals surface area contributed by atoms with Crippen molar-refractivity contribution < 1.29 is 13.2 Å². The highest BCUT2D eigenvalue weighted by Crippen LogP contribution is 2.24. The van der Waals surface area contributed by atoms with E-state index in [0.29, 0.717) is 15.6 Å². The molecular weight excluding hydrogens is 247 g/mol. The van der Waals surface area contributed by atoms with Crippen LogP contribution in [0.25, 0.3) is 11.2 Å². The predicted octanol–water partition coefficient (Wildman–Crippen LogP) is 3.66. The van der Waals surface area contributed by atoms with Gasteiger partial charge in [-0.15, -0.1) is 0 Å². The van der Waals surface area contributed by atoms with E-state index in [2.05, 4.69) is 28.1 Å². The summed E-state index contributed by atoms with van der Waals surface area (Å²) < 4.78 is 23.0. The minimum atomic E-state index is -0.401. The van der Waals surface area contributed by atoms with Gasteiger partial charge in [0.15, 0.2) is 11.2 Å². The van der Waals surface area contributed by atoms with Crippen LogP contribution in [0.15, 0.2) is 25.4 Å². The molecule has 62 valence electrons. The van der Waals surface area contributed by atoms with Gasteiger partial charge >= 0.3 is 4.90 Å². The molecule has 0 spiro atoms. The Kier molecular flexibility index (Phi) is 1.77. The smallest absolute Gasteiger partial charge is 0.363 e. The highest BCUT2D eigenvalue weighted by molar-refractivity contribution is 9.10. The second-order valence-electron chi connectivity index (χ2n) is 2.17. The summed E-state index contributed by atoms with van der Waals surface area (Å²) in [7, 11) is 0. The third-order valence-corrected chi connectivity index (χ3v) is 2.15. The van der Waals surface area contributed by atoms with Crippen LogP contribution in [-0.4, -0.2) is 0 Å². The molecule has 0 bridgehead atoms. The molecule has 0 saturated carbocycles. The fraction of sp³-hybridized carbons (Fsp3) is 0. The molecule has 0 unspecified atom stereocenters. The largest absolute Gasteiger partial charge is 0.413 e. The fourth-order valence-corrected chi connectivity index (χ4v) is 1.37. The Balaban J connectivity index is 2.92. The molecule has 0 radical (unpaired) electrons. The molecule has 0 atom stereocenters. The Morgan fingerprint density at radius 1 is 1.25 bits per heavy atom. The summed E-state index contributed by atoms with van der Waals surface area (Å²) in [5.74, 6) is -0.401. The summed E-state index contributed by atoms with van der Waals surface area (Å²) in [6, 6.07) is 2.70. The van der Waals surface area contributed by atoms with Gasteiger partial charge in [-0.2, -0.15) is 0 Å². The maximum absolute atomic E-state index is 12.9. The molecular formula is C7H2BrFO2S. The van der Waals surface area contributed by atoms with Gasteiger partial charge in [-0.25, -0.2) is 4.39 Å². The fourth-order valence-electron chi connectivity index (χ4n) is 0.870. The lowest BCUT2D eigenvalue weighted by Gasteiger charge is -1.90. The average molecular weight is 249 g/mol. The van der Waals surface area contributed by atoms with Crippen molar-refractivity contribution in [2.24, 2.45) is 0 Å². The Morgan fingerprint density at radius 2 is 1.83 bits per heavy atom. The molecule has 0 amide bonds. The monoisotopic (exact) mass is 248 g/mol. The van der Waals surface area contributed by atoms with Crippen molar-refractivity contribution in [2.45, 2.75) is 0 Å². The van der Waals surface area contributed by atoms with Crippen LogP contribution in [0.3, 0.4) is 0 Å². The highest BCUT2D eigenvalue weighted by atomic mass is 79.9. The molecule has 0 N–H and O–H groups in total. The third-order valence-electron chi connectivity index (χ3n) is 1.37. The SMILES string of the molecule is Fc1cc2oc(=S)oc2cc1Br. The minimum absolute atomic E-state index is 0.00231. The lowest BCUT2D eigenvalue weighted by molar-refractivity contribution is 0.443. The average Bonchev–Trinajstić information content (AvgIpc) is 2.30. The van der Waals surface area contributed by atoms with E-state index in [4.69, 9.17) is 8.83 Å². The molecule has 0 fully saturated rings. The van der Waals surface area contributed by atoms with E-state index in [9.17, 15) is 4.39 Å². The molecule has 0 saturated heterocycles. The van der Waals surface area contributed by atoms with Gasteiger partial charge in [0.25, 0.3) is 0 Å². The van der Waals surface area contributed by atoms with E-state index >= 15 is 0 Å². The van der Waals surface area contributed by atoms with Gasteiger partial charge in [0, 0.05) is 24.4 Å². The molecule has 1 aromatic carbocycles. The van der Waals surface area contributed by atoms with E-state index in [1.165, 1.54) is 12.1 Å². The van der Waals surface area contributed by atoms with Crippen LogP contribution >= 0.6 is 28.1 Å². The first-order valence-electron chi connectivity index (χ1n) is 3.05. The number of rotatable bonds is 0. The summed E-state index contributed by atoms with van der Waals surface area (Å²) in [5, 5.41) is 0. The van der Waals surface area contributed by atoms with E-state index in [0.717, 1.165) is 0 Å². The Labute approximate surface area is 80.1 Å². The summed E-state index contributed by atoms with van der Waals surface area (Å²) in [6.07, 6.45) is 0. The first kappa shape index (κ1) is 7.94. The van der Waals surface area contributed by atoms with E-state index in [1.807, 2.05) is 0 Å². The van der Waals surface area contributed by atoms with Crippen molar-refractivity contribution in [1.82, 2.24) is 0 Å². The summed E-state index contributed by atoms with van der Waals surface area (Å²) >= 11 is 7.64. The Morgan fingerprint density at radius 3 is 2.50 bits per heavy atom. The number of hydrogen-bond donors (Lipinski definition) is 0. The van der Waals surface area contributed by atoms with Crippen LogP contribution in [0, 0.1) is 10.7 Å². The molecule has 1 aromatic heterocycles. The van der Waals surface area contributed by atoms with Crippen LogP contribution in [0.1, 0.15) is 0 Å². The predicted molar refractivity (Wildman–Crippen MR) is 47.0 cm³/mol. The van der Waals surface area contributed by atoms with E-state index in [-0.39, 0.29) is 4.90 Å². The molecule has 2 aromatic rings. The summed E-state index contributed by atoms with van der Waals surface area (Å²) in [5.41, 5.74) is 0.758. The van der Waals surface area contributed by atoms with Crippen molar-refractivity contribution in [3.63, 3.8) is 0 Å². The molecule has 2 rings (SSSR count). The lowest BCUT2D eigenvalue weighted by atomic mass is 10.3. The Hall–Kier alpha value is -0.680. The van der Waals surface area contributed by atoms with Crippen molar-refractivity contribution in [2.75, 3.05) is 0 Å². The first-order valence-corrected chi connectivity index (χ1v) is 4.25. The summed E-state index contributed by atoms with van der Waals surface area (Å²) in [4.78, 5) is 0.00231. The maximum Gasteiger partial charge on any atom is 0.363 e. The molecule has 0 aliphatic rings. The summed E-state index contributed by atoms with van der Waals surface area (Å²) in [6.45, 7) is 0. The molecule has 0 aliphatic carbocycles. The standard InChI is InChI=1S/C7H2BrFO2S/c8-3-1-5-6(2-4(3)9)11-7(12)10-5/h1-2H. The maximum atomic E-state index is 12.9. The zero-order valence-corrected chi connectivity index (χ0v) is 8.04. The zero-order valence-electron chi connectivity index (χ0n) is 5.64. The zero-order chi connectivity index (χ0) is 8.72. The van der Waals surface area contributed by atoms with Crippen molar-refractivity contribution in [3.8, 4) is 0 Å². The number of halogens is 2. The first-order chi connectivity index (χ1) is 5.66. The minimum Gasteiger partial charge on any atom is -0.413 e. The van der Waals surface area contributed by atoms with E-state index < -0.39 is 5.82 Å². The van der Waals surface area contributed by atoms with Crippen LogP contribution in [-0.2, 0) is 0 Å². The van der Waals surface area contributed by atoms with Crippen LogP contribution in [0.2, 0.25) is 0 Å². The van der Waals surface area contributed by atoms with Crippen molar-refractivity contribution in [3.05, 3.63) is 27.3 Å². The second-order valence-corrected chi connectivity index (χ2v) is 3.35. The quantitative estimate of drug-likeness (QED) is 0.666. The van der Waals surface area contributed by atoms with Gasteiger partial charge < -0.3 is 8.83 Å². The van der Waals surface area contributed by atoms with Crippen LogP contribution in [0.4, 0.5) is 4.39 Å². The van der Waals surface area contributed by atoms with Crippen LogP contribution < -0.4 is 0 Å².